The molecule has 6 nitrogen and oxygen atoms in total. The summed E-state index contributed by atoms with van der Waals surface area (Å²) in [5.41, 5.74) is 1.88. The topological polar surface area (TPSA) is 80.3 Å². The standard InChI is InChI=1S/C23H20F3N3O3/c1-14-8-9-18(11-15(14)2)28-20(30)13-32-22(31)19-7-4-10-27-21(19)29-17-6-3-5-16(12-17)23(24,25)26/h3-12H,13H2,1-2H3,(H,27,29)(H,28,30). The summed E-state index contributed by atoms with van der Waals surface area (Å²) in [6, 6.07) is 12.8. The number of benzene rings is 2. The Bertz CT molecular complexity index is 1150. The number of amides is 1. The van der Waals surface area contributed by atoms with Gasteiger partial charge in [-0.1, -0.05) is 12.1 Å². The lowest BCUT2D eigenvalue weighted by atomic mass is 10.1. The number of nitrogens with zero attached hydrogens (tertiary/aromatic N) is 1. The SMILES string of the molecule is Cc1ccc(NC(=O)COC(=O)c2cccnc2Nc2cccc(C(F)(F)F)c2)cc1C. The monoisotopic (exact) mass is 443 g/mol. The minimum absolute atomic E-state index is 0.00592. The van der Waals surface area contributed by atoms with Gasteiger partial charge in [-0.25, -0.2) is 9.78 Å². The number of hydrogen-bond donors (Lipinski definition) is 2. The molecule has 0 aliphatic heterocycles. The van der Waals surface area contributed by atoms with Gasteiger partial charge in [-0.15, -0.1) is 0 Å². The van der Waals surface area contributed by atoms with Crippen LogP contribution in [-0.2, 0) is 15.7 Å². The van der Waals surface area contributed by atoms with Gasteiger partial charge >= 0.3 is 12.1 Å². The largest absolute Gasteiger partial charge is 0.452 e. The maximum atomic E-state index is 12.9. The van der Waals surface area contributed by atoms with Gasteiger partial charge < -0.3 is 15.4 Å². The summed E-state index contributed by atoms with van der Waals surface area (Å²) >= 11 is 0. The van der Waals surface area contributed by atoms with Crippen molar-refractivity contribution in [1.29, 1.82) is 0 Å². The zero-order valence-corrected chi connectivity index (χ0v) is 17.3. The molecule has 0 aliphatic rings. The third kappa shape index (κ3) is 5.84. The molecule has 3 aromatic rings. The van der Waals surface area contributed by atoms with Crippen molar-refractivity contribution in [3.05, 3.63) is 83.0 Å². The number of halogens is 3. The lowest BCUT2D eigenvalue weighted by Gasteiger charge is -2.13. The Morgan fingerprint density at radius 2 is 1.75 bits per heavy atom. The average Bonchev–Trinajstić information content (AvgIpc) is 2.75. The minimum atomic E-state index is -4.51. The minimum Gasteiger partial charge on any atom is -0.452 e. The van der Waals surface area contributed by atoms with E-state index in [1.54, 1.807) is 12.1 Å². The molecule has 0 radical (unpaired) electrons. The molecule has 3 rings (SSSR count). The quantitative estimate of drug-likeness (QED) is 0.508. The van der Waals surface area contributed by atoms with Gasteiger partial charge in [0.1, 0.15) is 11.4 Å². The van der Waals surface area contributed by atoms with E-state index in [2.05, 4.69) is 15.6 Å². The van der Waals surface area contributed by atoms with Gasteiger partial charge in [0.25, 0.3) is 5.91 Å². The zero-order valence-electron chi connectivity index (χ0n) is 17.3. The zero-order chi connectivity index (χ0) is 23.3. The number of pyridine rings is 1. The van der Waals surface area contributed by atoms with Crippen molar-refractivity contribution in [3.8, 4) is 0 Å². The Morgan fingerprint density at radius 1 is 0.969 bits per heavy atom. The lowest BCUT2D eigenvalue weighted by Crippen LogP contribution is -2.21. The summed E-state index contributed by atoms with van der Waals surface area (Å²) in [6.07, 6.45) is -3.13. The van der Waals surface area contributed by atoms with Gasteiger partial charge in [-0.05, 0) is 67.4 Å². The molecule has 0 spiro atoms. The highest BCUT2D eigenvalue weighted by Crippen LogP contribution is 2.31. The highest BCUT2D eigenvalue weighted by molar-refractivity contribution is 5.98. The Labute approximate surface area is 182 Å². The fourth-order valence-corrected chi connectivity index (χ4v) is 2.80. The number of carbonyl (C=O) groups excluding carboxylic acids is 2. The Kier molecular flexibility index (Phi) is 6.77. The summed E-state index contributed by atoms with van der Waals surface area (Å²) in [6.45, 7) is 3.32. The van der Waals surface area contributed by atoms with Crippen molar-refractivity contribution in [2.75, 3.05) is 17.2 Å². The third-order valence-electron chi connectivity index (χ3n) is 4.61. The summed E-state index contributed by atoms with van der Waals surface area (Å²) < 4.78 is 43.9. The van der Waals surface area contributed by atoms with Gasteiger partial charge in [0, 0.05) is 17.6 Å². The van der Waals surface area contributed by atoms with Crippen LogP contribution in [0.3, 0.4) is 0 Å². The molecule has 0 saturated carbocycles. The normalized spacial score (nSPS) is 11.0. The first kappa shape index (κ1) is 22.8. The summed E-state index contributed by atoms with van der Waals surface area (Å²) in [7, 11) is 0. The highest BCUT2D eigenvalue weighted by Gasteiger charge is 2.30. The molecule has 32 heavy (non-hydrogen) atoms. The number of rotatable bonds is 6. The third-order valence-corrected chi connectivity index (χ3v) is 4.61. The van der Waals surface area contributed by atoms with E-state index in [4.69, 9.17) is 4.74 Å². The van der Waals surface area contributed by atoms with E-state index >= 15 is 0 Å². The number of nitrogens with one attached hydrogen (secondary N) is 2. The summed E-state index contributed by atoms with van der Waals surface area (Å²) in [5, 5.41) is 5.33. The molecule has 0 bridgehead atoms. The number of aryl methyl sites for hydroxylation is 2. The molecule has 1 heterocycles. The van der Waals surface area contributed by atoms with Crippen molar-refractivity contribution in [2.45, 2.75) is 20.0 Å². The predicted octanol–water partition coefficient (Wildman–Crippen LogP) is 5.26. The molecular weight excluding hydrogens is 423 g/mol. The molecule has 0 atom stereocenters. The van der Waals surface area contributed by atoms with Gasteiger partial charge in [0.15, 0.2) is 6.61 Å². The molecule has 0 unspecified atom stereocenters. The van der Waals surface area contributed by atoms with E-state index in [1.807, 2.05) is 19.9 Å². The van der Waals surface area contributed by atoms with Crippen LogP contribution in [0.2, 0.25) is 0 Å². The molecule has 0 aliphatic carbocycles. The first-order valence-electron chi connectivity index (χ1n) is 9.57. The van der Waals surface area contributed by atoms with E-state index in [0.717, 1.165) is 23.3 Å². The molecule has 1 amide bonds. The van der Waals surface area contributed by atoms with Crippen LogP contribution < -0.4 is 10.6 Å². The maximum Gasteiger partial charge on any atom is 0.416 e. The maximum absolute atomic E-state index is 12.9. The number of carbonyl (C=O) groups is 2. The number of alkyl halides is 3. The number of esters is 1. The van der Waals surface area contributed by atoms with Gasteiger partial charge in [-0.3, -0.25) is 4.79 Å². The van der Waals surface area contributed by atoms with Crippen LogP contribution in [0.15, 0.2) is 60.8 Å². The first-order chi connectivity index (χ1) is 15.1. The van der Waals surface area contributed by atoms with Crippen molar-refractivity contribution >= 4 is 29.1 Å². The Balaban J connectivity index is 1.66. The van der Waals surface area contributed by atoms with E-state index in [9.17, 15) is 22.8 Å². The molecule has 2 N–H and O–H groups in total. The van der Waals surface area contributed by atoms with Crippen molar-refractivity contribution in [2.24, 2.45) is 0 Å². The smallest absolute Gasteiger partial charge is 0.416 e. The van der Waals surface area contributed by atoms with Crippen LogP contribution in [0.1, 0.15) is 27.0 Å². The molecule has 0 saturated heterocycles. The van der Waals surface area contributed by atoms with Gasteiger partial charge in [-0.2, -0.15) is 13.2 Å². The van der Waals surface area contributed by atoms with Crippen LogP contribution in [-0.4, -0.2) is 23.5 Å². The lowest BCUT2D eigenvalue weighted by molar-refractivity contribution is -0.137. The van der Waals surface area contributed by atoms with E-state index in [-0.39, 0.29) is 17.1 Å². The van der Waals surface area contributed by atoms with E-state index in [1.165, 1.54) is 30.5 Å². The fourth-order valence-electron chi connectivity index (χ4n) is 2.80. The summed E-state index contributed by atoms with van der Waals surface area (Å²) in [5.74, 6) is -1.37. The van der Waals surface area contributed by atoms with E-state index < -0.39 is 30.2 Å². The number of anilines is 3. The van der Waals surface area contributed by atoms with Crippen molar-refractivity contribution in [1.82, 2.24) is 4.98 Å². The van der Waals surface area contributed by atoms with Crippen molar-refractivity contribution in [3.63, 3.8) is 0 Å². The number of ether oxygens (including phenoxy) is 1. The Morgan fingerprint density at radius 3 is 2.47 bits per heavy atom. The highest BCUT2D eigenvalue weighted by atomic mass is 19.4. The Hall–Kier alpha value is -3.88. The summed E-state index contributed by atoms with van der Waals surface area (Å²) in [4.78, 5) is 28.6. The molecule has 0 fully saturated rings. The van der Waals surface area contributed by atoms with Crippen LogP contribution in [0.25, 0.3) is 0 Å². The fraction of sp³-hybridized carbons (Fsp3) is 0.174. The van der Waals surface area contributed by atoms with Crippen LogP contribution in [0.5, 0.6) is 0 Å². The molecule has 1 aromatic heterocycles. The van der Waals surface area contributed by atoms with Gasteiger partial charge in [0.05, 0.1) is 5.56 Å². The first-order valence-corrected chi connectivity index (χ1v) is 9.57. The molecule has 166 valence electrons. The second-order valence-corrected chi connectivity index (χ2v) is 7.03. The number of aromatic nitrogens is 1. The molecular formula is C23H20F3N3O3. The van der Waals surface area contributed by atoms with Crippen LogP contribution in [0, 0.1) is 13.8 Å². The predicted molar refractivity (Wildman–Crippen MR) is 114 cm³/mol. The van der Waals surface area contributed by atoms with Crippen LogP contribution in [0.4, 0.5) is 30.4 Å². The van der Waals surface area contributed by atoms with Gasteiger partial charge in [0.2, 0.25) is 0 Å². The second-order valence-electron chi connectivity index (χ2n) is 7.03. The number of hydrogen-bond acceptors (Lipinski definition) is 5. The van der Waals surface area contributed by atoms with Crippen LogP contribution >= 0.6 is 0 Å². The average molecular weight is 443 g/mol. The van der Waals surface area contributed by atoms with Crippen molar-refractivity contribution < 1.29 is 27.5 Å². The molecule has 2 aromatic carbocycles. The molecule has 9 heteroatoms. The second kappa shape index (κ2) is 9.51. The van der Waals surface area contributed by atoms with E-state index in [0.29, 0.717) is 5.69 Å².